The number of aryl methyl sites for hydroxylation is 2. The predicted octanol–water partition coefficient (Wildman–Crippen LogP) is 4.12. The fourth-order valence-corrected chi connectivity index (χ4v) is 6.22. The van der Waals surface area contributed by atoms with Gasteiger partial charge in [-0.05, 0) is 64.9 Å². The normalized spacial score (nSPS) is 26.1. The number of hydrogen-bond acceptors (Lipinski definition) is 8. The van der Waals surface area contributed by atoms with Gasteiger partial charge in [0.15, 0.2) is 0 Å². The van der Waals surface area contributed by atoms with Crippen molar-refractivity contribution < 1.29 is 19.0 Å². The smallest absolute Gasteiger partial charge is 0.272 e. The van der Waals surface area contributed by atoms with Crippen molar-refractivity contribution in [3.8, 4) is 0 Å². The summed E-state index contributed by atoms with van der Waals surface area (Å²) >= 11 is 0. The average molecular weight is 552 g/mol. The second kappa shape index (κ2) is 13.4. The molecule has 9 heteroatoms. The molecule has 0 spiro atoms. The molecule has 0 aliphatic carbocycles. The van der Waals surface area contributed by atoms with Crippen molar-refractivity contribution in [2.45, 2.75) is 89.7 Å². The monoisotopic (exact) mass is 551 g/mol. The van der Waals surface area contributed by atoms with Crippen LogP contribution in [-0.4, -0.2) is 85.0 Å². The summed E-state index contributed by atoms with van der Waals surface area (Å²) in [4.78, 5) is 24.7. The van der Waals surface area contributed by atoms with Crippen molar-refractivity contribution in [3.05, 3.63) is 52.5 Å². The Bertz CT molecular complexity index is 1150. The van der Waals surface area contributed by atoms with Crippen LogP contribution in [0.4, 0.5) is 5.82 Å². The Morgan fingerprint density at radius 2 is 1.93 bits per heavy atom. The largest absolute Gasteiger partial charge is 0.379 e. The number of methoxy groups -OCH3 is 1. The lowest BCUT2D eigenvalue weighted by atomic mass is 9.97. The van der Waals surface area contributed by atoms with Crippen molar-refractivity contribution in [2.24, 2.45) is 0 Å². The summed E-state index contributed by atoms with van der Waals surface area (Å²) in [6.45, 7) is 9.37. The molecule has 1 amide bonds. The van der Waals surface area contributed by atoms with E-state index in [4.69, 9.17) is 14.2 Å². The van der Waals surface area contributed by atoms with Gasteiger partial charge in [0.2, 0.25) is 0 Å². The Balaban J connectivity index is 1.17. The molecule has 0 saturated carbocycles. The Hall–Kier alpha value is -2.59. The van der Waals surface area contributed by atoms with E-state index in [2.05, 4.69) is 51.8 Å². The summed E-state index contributed by atoms with van der Waals surface area (Å²) < 4.78 is 17.6. The molecular weight excluding hydrogens is 506 g/mol. The highest BCUT2D eigenvalue weighted by atomic mass is 16.5. The molecule has 3 saturated heterocycles. The molecule has 218 valence electrons. The molecule has 0 radical (unpaired) electrons. The third kappa shape index (κ3) is 7.00. The van der Waals surface area contributed by atoms with Crippen LogP contribution in [0.3, 0.4) is 0 Å². The number of carbonyl (C=O) groups excluding carboxylic acids is 1. The lowest BCUT2D eigenvalue weighted by Crippen LogP contribution is -2.54. The molecule has 2 aromatic rings. The molecule has 1 aromatic heterocycles. The summed E-state index contributed by atoms with van der Waals surface area (Å²) in [5.41, 5.74) is 3.79. The standard InChI is InChI=1S/C31H45N5O4/c1-20-7-5-8-23(17-20)27-10-6-9-25(40-27)18-32-30-21(2)29(33-22(3)34-30)31(37)36-14-11-24(12-15-36)35-26-13-16-39-19-28(26)38-4/h5,7-8,17,24-28,35H,6,9-16,18-19H2,1-4H3,(H,32,33,34)/t25-,26+,27+,28-/m1/s1. The minimum absolute atomic E-state index is 0.0150. The molecular formula is C31H45N5O4. The SMILES string of the molecule is CO[C@@H]1COCC[C@@H]1NC1CCN(C(=O)c2nc(C)nc(NC[C@H]3CCC[C@@H](c4cccc(C)c4)O3)c2C)CC1. The van der Waals surface area contributed by atoms with E-state index in [9.17, 15) is 4.79 Å². The fourth-order valence-electron chi connectivity index (χ4n) is 6.22. The van der Waals surface area contributed by atoms with Crippen LogP contribution in [0.5, 0.6) is 0 Å². The number of piperidine rings is 1. The molecule has 0 bridgehead atoms. The van der Waals surface area contributed by atoms with Gasteiger partial charge in [-0.2, -0.15) is 0 Å². The third-order valence-electron chi connectivity index (χ3n) is 8.56. The number of rotatable bonds is 8. The zero-order chi connectivity index (χ0) is 28.1. The maximum absolute atomic E-state index is 13.6. The summed E-state index contributed by atoms with van der Waals surface area (Å²) in [5.74, 6) is 1.30. The molecule has 0 unspecified atom stereocenters. The molecule has 4 heterocycles. The topological polar surface area (TPSA) is 97.8 Å². The molecule has 1 aromatic carbocycles. The van der Waals surface area contributed by atoms with E-state index < -0.39 is 0 Å². The number of anilines is 1. The number of hydrogen-bond donors (Lipinski definition) is 2. The summed E-state index contributed by atoms with van der Waals surface area (Å²) in [7, 11) is 1.74. The number of nitrogens with zero attached hydrogens (tertiary/aromatic N) is 3. The van der Waals surface area contributed by atoms with Crippen LogP contribution in [0.15, 0.2) is 24.3 Å². The highest BCUT2D eigenvalue weighted by Crippen LogP contribution is 2.32. The van der Waals surface area contributed by atoms with Gasteiger partial charge in [-0.3, -0.25) is 4.79 Å². The zero-order valence-electron chi connectivity index (χ0n) is 24.4. The summed E-state index contributed by atoms with van der Waals surface area (Å²) in [6, 6.07) is 9.26. The van der Waals surface area contributed by atoms with Crippen molar-refractivity contribution in [1.82, 2.24) is 20.2 Å². The summed E-state index contributed by atoms with van der Waals surface area (Å²) in [6.07, 6.45) is 6.24. The van der Waals surface area contributed by atoms with Crippen molar-refractivity contribution in [2.75, 3.05) is 45.3 Å². The Labute approximate surface area is 238 Å². The number of benzene rings is 1. The van der Waals surface area contributed by atoms with E-state index in [-0.39, 0.29) is 24.2 Å². The van der Waals surface area contributed by atoms with Gasteiger partial charge in [-0.25, -0.2) is 9.97 Å². The Morgan fingerprint density at radius 1 is 1.10 bits per heavy atom. The first-order valence-electron chi connectivity index (χ1n) is 14.9. The number of likely N-dealkylation sites (tertiary alicyclic amines) is 1. The lowest BCUT2D eigenvalue weighted by molar-refractivity contribution is -0.0533. The number of aromatic nitrogens is 2. The Morgan fingerprint density at radius 3 is 2.70 bits per heavy atom. The highest BCUT2D eigenvalue weighted by molar-refractivity contribution is 5.94. The maximum atomic E-state index is 13.6. The van der Waals surface area contributed by atoms with Gasteiger partial charge < -0.3 is 29.7 Å². The average Bonchev–Trinajstić information content (AvgIpc) is 2.98. The van der Waals surface area contributed by atoms with Crippen LogP contribution in [0.25, 0.3) is 0 Å². The lowest BCUT2D eigenvalue weighted by Gasteiger charge is -2.38. The van der Waals surface area contributed by atoms with Crippen molar-refractivity contribution in [1.29, 1.82) is 0 Å². The zero-order valence-corrected chi connectivity index (χ0v) is 24.4. The highest BCUT2D eigenvalue weighted by Gasteiger charge is 2.31. The molecule has 2 N–H and O–H groups in total. The van der Waals surface area contributed by atoms with Crippen LogP contribution < -0.4 is 10.6 Å². The molecule has 3 aliphatic rings. The summed E-state index contributed by atoms with van der Waals surface area (Å²) in [5, 5.41) is 7.25. The van der Waals surface area contributed by atoms with E-state index in [1.54, 1.807) is 7.11 Å². The van der Waals surface area contributed by atoms with E-state index >= 15 is 0 Å². The second-order valence-corrected chi connectivity index (χ2v) is 11.5. The first kappa shape index (κ1) is 28.9. The molecule has 40 heavy (non-hydrogen) atoms. The van der Waals surface area contributed by atoms with Crippen LogP contribution in [-0.2, 0) is 14.2 Å². The third-order valence-corrected chi connectivity index (χ3v) is 8.56. The van der Waals surface area contributed by atoms with E-state index in [1.807, 2.05) is 18.7 Å². The van der Waals surface area contributed by atoms with Gasteiger partial charge in [0.05, 0.1) is 24.9 Å². The predicted molar refractivity (Wildman–Crippen MR) is 155 cm³/mol. The van der Waals surface area contributed by atoms with E-state index in [1.165, 1.54) is 11.1 Å². The van der Waals surface area contributed by atoms with Crippen LogP contribution in [0.1, 0.15) is 77.6 Å². The van der Waals surface area contributed by atoms with E-state index in [0.717, 1.165) is 56.5 Å². The Kier molecular flexibility index (Phi) is 9.68. The maximum Gasteiger partial charge on any atom is 0.272 e. The van der Waals surface area contributed by atoms with Crippen LogP contribution in [0, 0.1) is 20.8 Å². The van der Waals surface area contributed by atoms with Gasteiger partial charge in [0.25, 0.3) is 5.91 Å². The number of nitrogens with one attached hydrogen (secondary N) is 2. The number of ether oxygens (including phenoxy) is 3. The molecule has 3 aliphatic heterocycles. The molecule has 4 atom stereocenters. The first-order chi connectivity index (χ1) is 19.4. The van der Waals surface area contributed by atoms with Gasteiger partial charge in [0.1, 0.15) is 17.3 Å². The number of amides is 1. The second-order valence-electron chi connectivity index (χ2n) is 11.5. The molecule has 3 fully saturated rings. The molecule has 5 rings (SSSR count). The fraction of sp³-hybridized carbons (Fsp3) is 0.645. The van der Waals surface area contributed by atoms with Crippen molar-refractivity contribution in [3.63, 3.8) is 0 Å². The minimum atomic E-state index is -0.0150. The minimum Gasteiger partial charge on any atom is -0.379 e. The van der Waals surface area contributed by atoms with Gasteiger partial charge in [-0.15, -0.1) is 0 Å². The van der Waals surface area contributed by atoms with Crippen molar-refractivity contribution >= 4 is 11.7 Å². The van der Waals surface area contributed by atoms with E-state index in [0.29, 0.717) is 49.8 Å². The first-order valence-corrected chi connectivity index (χ1v) is 14.9. The van der Waals surface area contributed by atoms with Gasteiger partial charge in [0, 0.05) is 51.0 Å². The molecule has 9 nitrogen and oxygen atoms in total. The van der Waals surface area contributed by atoms with Crippen LogP contribution >= 0.6 is 0 Å². The van der Waals surface area contributed by atoms with Crippen LogP contribution in [0.2, 0.25) is 0 Å². The van der Waals surface area contributed by atoms with Gasteiger partial charge in [-0.1, -0.05) is 29.8 Å². The quantitative estimate of drug-likeness (QED) is 0.506. The van der Waals surface area contributed by atoms with Gasteiger partial charge >= 0.3 is 0 Å². The number of carbonyl (C=O) groups is 1.